The lowest BCUT2D eigenvalue weighted by Crippen LogP contribution is -2.30. The highest BCUT2D eigenvalue weighted by atomic mass is 35.5. The van der Waals surface area contributed by atoms with Crippen LogP contribution in [0.25, 0.3) is 11.3 Å². The number of rotatable bonds is 6. The monoisotopic (exact) mass is 384 g/mol. The van der Waals surface area contributed by atoms with Crippen LogP contribution in [0.4, 0.5) is 0 Å². The average molecular weight is 385 g/mol. The van der Waals surface area contributed by atoms with Crippen LogP contribution >= 0.6 is 11.6 Å². The van der Waals surface area contributed by atoms with E-state index in [1.165, 1.54) is 0 Å². The number of carboxylic acids is 1. The van der Waals surface area contributed by atoms with E-state index < -0.39 is 17.9 Å². The topological polar surface area (TPSA) is 92.4 Å². The molecule has 27 heavy (non-hydrogen) atoms. The van der Waals surface area contributed by atoms with Gasteiger partial charge in [0.1, 0.15) is 17.0 Å². The maximum absolute atomic E-state index is 12.9. The maximum Gasteiger partial charge on any atom is 0.305 e. The van der Waals surface area contributed by atoms with E-state index in [1.807, 2.05) is 30.3 Å². The number of carbonyl (C=O) groups is 2. The number of benzene rings is 2. The van der Waals surface area contributed by atoms with E-state index in [1.54, 1.807) is 31.2 Å². The van der Waals surface area contributed by atoms with Gasteiger partial charge < -0.3 is 14.9 Å². The molecule has 1 heterocycles. The molecule has 1 aromatic heterocycles. The number of aliphatic carboxylic acids is 1. The van der Waals surface area contributed by atoms with Gasteiger partial charge in [0, 0.05) is 10.6 Å². The molecule has 2 aromatic carbocycles. The van der Waals surface area contributed by atoms with Gasteiger partial charge in [-0.25, -0.2) is 0 Å². The van der Waals surface area contributed by atoms with Gasteiger partial charge in [0.05, 0.1) is 12.5 Å². The average Bonchev–Trinajstić information content (AvgIpc) is 3.03. The SMILES string of the molecule is Cc1onc(-c2ccccc2)c1C(=O)N[C@H](CC(=O)O)c1cccc(Cl)c1. The fourth-order valence-electron chi connectivity index (χ4n) is 2.81. The Morgan fingerprint density at radius 1 is 1.19 bits per heavy atom. The predicted molar refractivity (Wildman–Crippen MR) is 101 cm³/mol. The Morgan fingerprint density at radius 3 is 2.59 bits per heavy atom. The van der Waals surface area contributed by atoms with Crippen LogP contribution in [0.2, 0.25) is 5.02 Å². The summed E-state index contributed by atoms with van der Waals surface area (Å²) in [5, 5.41) is 16.4. The minimum Gasteiger partial charge on any atom is -0.481 e. The minimum atomic E-state index is -1.04. The van der Waals surface area contributed by atoms with Crippen molar-refractivity contribution in [3.63, 3.8) is 0 Å². The molecule has 0 bridgehead atoms. The summed E-state index contributed by atoms with van der Waals surface area (Å²) in [6.07, 6.45) is -0.281. The van der Waals surface area contributed by atoms with E-state index in [2.05, 4.69) is 10.5 Å². The Morgan fingerprint density at radius 2 is 1.93 bits per heavy atom. The van der Waals surface area contributed by atoms with Crippen molar-refractivity contribution in [3.8, 4) is 11.3 Å². The van der Waals surface area contributed by atoms with Crippen molar-refractivity contribution in [2.24, 2.45) is 0 Å². The molecule has 1 atom stereocenters. The molecule has 0 saturated carbocycles. The lowest BCUT2D eigenvalue weighted by Gasteiger charge is -2.18. The van der Waals surface area contributed by atoms with Crippen molar-refractivity contribution in [2.75, 3.05) is 0 Å². The van der Waals surface area contributed by atoms with Crippen molar-refractivity contribution < 1.29 is 19.2 Å². The van der Waals surface area contributed by atoms with Crippen LogP contribution in [-0.2, 0) is 4.79 Å². The lowest BCUT2D eigenvalue weighted by atomic mass is 10.0. The van der Waals surface area contributed by atoms with Crippen LogP contribution in [0.3, 0.4) is 0 Å². The molecule has 2 N–H and O–H groups in total. The van der Waals surface area contributed by atoms with Crippen LogP contribution in [0, 0.1) is 6.92 Å². The zero-order valence-electron chi connectivity index (χ0n) is 14.5. The van der Waals surface area contributed by atoms with Crippen LogP contribution in [0.15, 0.2) is 59.1 Å². The molecular formula is C20H17ClN2O4. The van der Waals surface area contributed by atoms with Gasteiger partial charge in [-0.05, 0) is 24.6 Å². The number of aromatic nitrogens is 1. The molecule has 6 nitrogen and oxygen atoms in total. The second kappa shape index (κ2) is 8.05. The fraction of sp³-hybridized carbons (Fsp3) is 0.150. The Labute approximate surface area is 160 Å². The molecule has 0 saturated heterocycles. The normalized spacial score (nSPS) is 11.8. The van der Waals surface area contributed by atoms with Gasteiger partial charge in [0.2, 0.25) is 0 Å². The first-order valence-corrected chi connectivity index (χ1v) is 8.63. The molecule has 0 radical (unpaired) electrons. The number of amides is 1. The summed E-state index contributed by atoms with van der Waals surface area (Å²) in [5.41, 5.74) is 2.02. The van der Waals surface area contributed by atoms with Crippen molar-refractivity contribution in [2.45, 2.75) is 19.4 Å². The number of hydrogen-bond acceptors (Lipinski definition) is 4. The van der Waals surface area contributed by atoms with E-state index in [9.17, 15) is 14.7 Å². The number of nitrogens with zero attached hydrogens (tertiary/aromatic N) is 1. The number of aryl methyl sites for hydroxylation is 1. The summed E-state index contributed by atoms with van der Waals surface area (Å²) in [4.78, 5) is 24.2. The quantitative estimate of drug-likeness (QED) is 0.662. The number of halogens is 1. The largest absolute Gasteiger partial charge is 0.481 e. The highest BCUT2D eigenvalue weighted by Crippen LogP contribution is 2.27. The summed E-state index contributed by atoms with van der Waals surface area (Å²) in [6, 6.07) is 15.2. The highest BCUT2D eigenvalue weighted by Gasteiger charge is 2.25. The first-order chi connectivity index (χ1) is 13.0. The van der Waals surface area contributed by atoms with Crippen LogP contribution in [0.1, 0.15) is 34.1 Å². The summed E-state index contributed by atoms with van der Waals surface area (Å²) >= 11 is 6.01. The first-order valence-electron chi connectivity index (χ1n) is 8.25. The Kier molecular flexibility index (Phi) is 5.57. The van der Waals surface area contributed by atoms with Crippen molar-refractivity contribution in [3.05, 3.63) is 76.5 Å². The standard InChI is InChI=1S/C20H17ClN2O4/c1-12-18(19(23-27-12)13-6-3-2-4-7-13)20(26)22-16(11-17(24)25)14-8-5-9-15(21)10-14/h2-10,16H,11H2,1H3,(H,22,26)(H,24,25)/t16-/m1/s1. The van der Waals surface area contributed by atoms with Gasteiger partial charge in [-0.2, -0.15) is 0 Å². The molecule has 0 fully saturated rings. The molecule has 0 spiro atoms. The van der Waals surface area contributed by atoms with E-state index in [0.717, 1.165) is 5.56 Å². The highest BCUT2D eigenvalue weighted by molar-refractivity contribution is 6.30. The van der Waals surface area contributed by atoms with Crippen molar-refractivity contribution >= 4 is 23.5 Å². The van der Waals surface area contributed by atoms with Gasteiger partial charge in [-0.15, -0.1) is 0 Å². The number of carboxylic acid groups (broad SMARTS) is 1. The predicted octanol–water partition coefficient (Wildman–Crippen LogP) is 4.25. The first kappa shape index (κ1) is 18.7. The molecule has 0 aliphatic rings. The molecule has 3 aromatic rings. The molecular weight excluding hydrogens is 368 g/mol. The Bertz CT molecular complexity index is 969. The molecule has 0 aliphatic carbocycles. The van der Waals surface area contributed by atoms with Gasteiger partial charge in [0.25, 0.3) is 5.91 Å². The molecule has 0 unspecified atom stereocenters. The summed E-state index contributed by atoms with van der Waals surface area (Å²) in [5.74, 6) is -1.14. The van der Waals surface area contributed by atoms with Gasteiger partial charge >= 0.3 is 5.97 Å². The number of carbonyl (C=O) groups excluding carboxylic acids is 1. The second-order valence-electron chi connectivity index (χ2n) is 6.01. The number of nitrogens with one attached hydrogen (secondary N) is 1. The molecule has 0 aliphatic heterocycles. The third-order valence-electron chi connectivity index (χ3n) is 4.07. The summed E-state index contributed by atoms with van der Waals surface area (Å²) in [7, 11) is 0. The smallest absolute Gasteiger partial charge is 0.305 e. The zero-order chi connectivity index (χ0) is 19.4. The van der Waals surface area contributed by atoms with E-state index in [4.69, 9.17) is 16.1 Å². The summed E-state index contributed by atoms with van der Waals surface area (Å²) in [6.45, 7) is 1.64. The van der Waals surface area contributed by atoms with Gasteiger partial charge in [-0.1, -0.05) is 59.2 Å². The molecule has 1 amide bonds. The van der Waals surface area contributed by atoms with E-state index >= 15 is 0 Å². The summed E-state index contributed by atoms with van der Waals surface area (Å²) < 4.78 is 5.21. The maximum atomic E-state index is 12.9. The van der Waals surface area contributed by atoms with Gasteiger partial charge in [0.15, 0.2) is 0 Å². The minimum absolute atomic E-state index is 0.276. The van der Waals surface area contributed by atoms with E-state index in [0.29, 0.717) is 22.0 Å². The molecule has 3 rings (SSSR count). The molecule has 7 heteroatoms. The Balaban J connectivity index is 1.93. The fourth-order valence-corrected chi connectivity index (χ4v) is 3.01. The van der Waals surface area contributed by atoms with Gasteiger partial charge in [-0.3, -0.25) is 9.59 Å². The lowest BCUT2D eigenvalue weighted by molar-refractivity contribution is -0.137. The van der Waals surface area contributed by atoms with Crippen LogP contribution in [-0.4, -0.2) is 22.1 Å². The van der Waals surface area contributed by atoms with Crippen LogP contribution < -0.4 is 5.32 Å². The number of hydrogen-bond donors (Lipinski definition) is 2. The van der Waals surface area contributed by atoms with Crippen LogP contribution in [0.5, 0.6) is 0 Å². The van der Waals surface area contributed by atoms with Crippen molar-refractivity contribution in [1.29, 1.82) is 0 Å². The molecule has 138 valence electrons. The third-order valence-corrected chi connectivity index (χ3v) is 4.31. The Hall–Kier alpha value is -3.12. The van der Waals surface area contributed by atoms with E-state index in [-0.39, 0.29) is 12.0 Å². The zero-order valence-corrected chi connectivity index (χ0v) is 15.2. The third kappa shape index (κ3) is 4.35. The van der Waals surface area contributed by atoms with Crippen molar-refractivity contribution in [1.82, 2.24) is 10.5 Å². The second-order valence-corrected chi connectivity index (χ2v) is 6.44.